The summed E-state index contributed by atoms with van der Waals surface area (Å²) in [6.07, 6.45) is 3.25. The molecule has 1 aromatic heterocycles. The highest BCUT2D eigenvalue weighted by molar-refractivity contribution is 5.93. The number of aromatic nitrogens is 2. The fourth-order valence-electron chi connectivity index (χ4n) is 2.56. The Morgan fingerprint density at radius 1 is 1.12 bits per heavy atom. The van der Waals surface area contributed by atoms with Gasteiger partial charge in [-0.15, -0.1) is 0 Å². The maximum atomic E-state index is 12.5. The van der Waals surface area contributed by atoms with E-state index in [1.54, 1.807) is 24.1 Å². The van der Waals surface area contributed by atoms with Crippen LogP contribution in [-0.2, 0) is 18.4 Å². The summed E-state index contributed by atoms with van der Waals surface area (Å²) in [5, 5.41) is 7.08. The number of hydrogen-bond donors (Lipinski definition) is 1. The van der Waals surface area contributed by atoms with Gasteiger partial charge >= 0.3 is 0 Å². The van der Waals surface area contributed by atoms with E-state index in [-0.39, 0.29) is 11.9 Å². The van der Waals surface area contributed by atoms with Crippen LogP contribution in [-0.4, -0.2) is 22.3 Å². The van der Waals surface area contributed by atoms with Gasteiger partial charge < -0.3 is 10.1 Å². The molecule has 0 radical (unpaired) electrons. The van der Waals surface area contributed by atoms with Gasteiger partial charge in [-0.1, -0.05) is 60.7 Å². The lowest BCUT2D eigenvalue weighted by Gasteiger charge is -2.19. The van der Waals surface area contributed by atoms with Gasteiger partial charge in [0.05, 0.1) is 31.0 Å². The van der Waals surface area contributed by atoms with Gasteiger partial charge in [-0.3, -0.25) is 9.48 Å². The van der Waals surface area contributed by atoms with E-state index in [1.165, 1.54) is 0 Å². The third kappa shape index (κ3) is 4.78. The molecule has 1 atom stereocenters. The van der Waals surface area contributed by atoms with Gasteiger partial charge in [0, 0.05) is 13.2 Å². The van der Waals surface area contributed by atoms with Crippen LogP contribution in [0.3, 0.4) is 0 Å². The Balaban J connectivity index is 1.66. The molecule has 0 bridgehead atoms. The summed E-state index contributed by atoms with van der Waals surface area (Å²) in [5.41, 5.74) is 2.65. The van der Waals surface area contributed by atoms with E-state index < -0.39 is 0 Å². The molecule has 5 nitrogen and oxygen atoms in total. The smallest absolute Gasteiger partial charge is 0.255 e. The zero-order valence-electron chi connectivity index (χ0n) is 14.1. The maximum absolute atomic E-state index is 12.5. The summed E-state index contributed by atoms with van der Waals surface area (Å²) in [7, 11) is 1.79. The molecule has 0 saturated carbocycles. The van der Waals surface area contributed by atoms with E-state index in [9.17, 15) is 4.79 Å². The topological polar surface area (TPSA) is 56.2 Å². The first-order chi connectivity index (χ1) is 12.2. The van der Waals surface area contributed by atoms with Crippen LogP contribution in [0.1, 0.15) is 27.5 Å². The molecule has 0 fully saturated rings. The normalized spacial score (nSPS) is 11.9. The van der Waals surface area contributed by atoms with Crippen LogP contribution in [0.25, 0.3) is 0 Å². The van der Waals surface area contributed by atoms with Crippen LogP contribution in [0.15, 0.2) is 73.1 Å². The highest BCUT2D eigenvalue weighted by Crippen LogP contribution is 2.15. The van der Waals surface area contributed by atoms with Crippen molar-refractivity contribution in [2.45, 2.75) is 12.6 Å². The van der Waals surface area contributed by atoms with Crippen LogP contribution in [0.2, 0.25) is 0 Å². The van der Waals surface area contributed by atoms with Crippen LogP contribution in [0.4, 0.5) is 0 Å². The summed E-state index contributed by atoms with van der Waals surface area (Å²) in [6, 6.07) is 19.6. The minimum Gasteiger partial charge on any atom is -0.374 e. The predicted molar refractivity (Wildman–Crippen MR) is 96.0 cm³/mol. The monoisotopic (exact) mass is 335 g/mol. The first-order valence-electron chi connectivity index (χ1n) is 8.18. The summed E-state index contributed by atoms with van der Waals surface area (Å²) in [4.78, 5) is 12.5. The number of aryl methyl sites for hydroxylation is 1. The van der Waals surface area contributed by atoms with Crippen molar-refractivity contribution in [1.29, 1.82) is 0 Å². The van der Waals surface area contributed by atoms with E-state index >= 15 is 0 Å². The standard InChI is InChI=1S/C20H21N3O2/c1-23-13-18(12-21-23)20(24)22-19(17-10-6-3-7-11-17)15-25-14-16-8-4-2-5-9-16/h2-13,19H,14-15H2,1H3,(H,22,24)/t19-/m1/s1. The van der Waals surface area contributed by atoms with Gasteiger partial charge in [-0.05, 0) is 11.1 Å². The lowest BCUT2D eigenvalue weighted by molar-refractivity contribution is 0.0797. The molecule has 1 amide bonds. The Morgan fingerprint density at radius 3 is 2.44 bits per heavy atom. The van der Waals surface area contributed by atoms with Crippen molar-refractivity contribution < 1.29 is 9.53 Å². The first kappa shape index (κ1) is 16.9. The summed E-state index contributed by atoms with van der Waals surface area (Å²) in [6.45, 7) is 0.901. The number of ether oxygens (including phenoxy) is 1. The van der Waals surface area contributed by atoms with Crippen molar-refractivity contribution in [3.05, 3.63) is 89.7 Å². The van der Waals surface area contributed by atoms with Gasteiger partial charge in [0.1, 0.15) is 0 Å². The number of carbonyl (C=O) groups excluding carboxylic acids is 1. The first-order valence-corrected chi connectivity index (χ1v) is 8.18. The van der Waals surface area contributed by atoms with Crippen molar-refractivity contribution in [3.63, 3.8) is 0 Å². The molecule has 0 unspecified atom stereocenters. The molecular formula is C20H21N3O2. The highest BCUT2D eigenvalue weighted by atomic mass is 16.5. The minimum atomic E-state index is -0.224. The molecule has 2 aromatic carbocycles. The SMILES string of the molecule is Cn1cc(C(=O)N[C@H](COCc2ccccc2)c2ccccc2)cn1. The minimum absolute atomic E-state index is 0.162. The second-order valence-corrected chi connectivity index (χ2v) is 5.84. The van der Waals surface area contributed by atoms with Crippen LogP contribution in [0.5, 0.6) is 0 Å². The molecule has 128 valence electrons. The number of amides is 1. The second-order valence-electron chi connectivity index (χ2n) is 5.84. The maximum Gasteiger partial charge on any atom is 0.255 e. The molecule has 3 rings (SSSR count). The molecule has 0 spiro atoms. The molecule has 0 aliphatic rings. The molecule has 3 aromatic rings. The highest BCUT2D eigenvalue weighted by Gasteiger charge is 2.17. The number of benzene rings is 2. The number of nitrogens with one attached hydrogen (secondary N) is 1. The van der Waals surface area contributed by atoms with E-state index in [0.29, 0.717) is 18.8 Å². The predicted octanol–water partition coefficient (Wildman–Crippen LogP) is 3.11. The Morgan fingerprint density at radius 2 is 1.80 bits per heavy atom. The number of nitrogens with zero attached hydrogens (tertiary/aromatic N) is 2. The summed E-state index contributed by atoms with van der Waals surface area (Å²) >= 11 is 0. The molecule has 25 heavy (non-hydrogen) atoms. The average molecular weight is 335 g/mol. The molecule has 0 aliphatic carbocycles. The van der Waals surface area contributed by atoms with Crippen LogP contribution < -0.4 is 5.32 Å². The Kier molecular flexibility index (Phi) is 5.59. The Bertz CT molecular complexity index is 800. The number of carbonyl (C=O) groups is 1. The largest absolute Gasteiger partial charge is 0.374 e. The fraction of sp³-hybridized carbons (Fsp3) is 0.200. The summed E-state index contributed by atoms with van der Waals surface area (Å²) < 4.78 is 7.45. The third-order valence-corrected chi connectivity index (χ3v) is 3.87. The van der Waals surface area contributed by atoms with Gasteiger partial charge in [-0.2, -0.15) is 5.10 Å². The van der Waals surface area contributed by atoms with E-state index in [0.717, 1.165) is 11.1 Å². The van der Waals surface area contributed by atoms with Crippen LogP contribution >= 0.6 is 0 Å². The molecule has 1 N–H and O–H groups in total. The van der Waals surface area contributed by atoms with E-state index in [4.69, 9.17) is 4.74 Å². The average Bonchev–Trinajstić information content (AvgIpc) is 3.09. The van der Waals surface area contributed by atoms with Gasteiger partial charge in [0.15, 0.2) is 0 Å². The number of rotatable bonds is 7. The molecule has 5 heteroatoms. The van der Waals surface area contributed by atoms with Crippen LogP contribution in [0, 0.1) is 0 Å². The van der Waals surface area contributed by atoms with Crippen molar-refractivity contribution in [2.75, 3.05) is 6.61 Å². The molecule has 1 heterocycles. The van der Waals surface area contributed by atoms with Crippen molar-refractivity contribution in [3.8, 4) is 0 Å². The van der Waals surface area contributed by atoms with Gasteiger partial charge in [-0.25, -0.2) is 0 Å². The molecular weight excluding hydrogens is 314 g/mol. The summed E-state index contributed by atoms with van der Waals surface area (Å²) in [5.74, 6) is -0.162. The lowest BCUT2D eigenvalue weighted by atomic mass is 10.1. The van der Waals surface area contributed by atoms with Crippen molar-refractivity contribution in [2.24, 2.45) is 7.05 Å². The number of hydrogen-bond acceptors (Lipinski definition) is 3. The fourth-order valence-corrected chi connectivity index (χ4v) is 2.56. The van der Waals surface area contributed by atoms with Gasteiger partial charge in [0.25, 0.3) is 5.91 Å². The Hall–Kier alpha value is -2.92. The Labute approximate surface area is 147 Å². The molecule has 0 aliphatic heterocycles. The zero-order valence-corrected chi connectivity index (χ0v) is 14.1. The third-order valence-electron chi connectivity index (χ3n) is 3.87. The van der Waals surface area contributed by atoms with Crippen molar-refractivity contribution >= 4 is 5.91 Å². The van der Waals surface area contributed by atoms with Gasteiger partial charge in [0.2, 0.25) is 0 Å². The van der Waals surface area contributed by atoms with E-state index in [1.807, 2.05) is 60.7 Å². The lowest BCUT2D eigenvalue weighted by Crippen LogP contribution is -2.31. The second kappa shape index (κ2) is 8.26. The van der Waals surface area contributed by atoms with Crippen molar-refractivity contribution in [1.82, 2.24) is 15.1 Å². The molecule has 0 saturated heterocycles. The zero-order chi connectivity index (χ0) is 17.5. The quantitative estimate of drug-likeness (QED) is 0.722. The van der Waals surface area contributed by atoms with E-state index in [2.05, 4.69) is 10.4 Å².